The molecule has 57 heavy (non-hydrogen) atoms. The summed E-state index contributed by atoms with van der Waals surface area (Å²) in [5.41, 5.74) is 0. The molecule has 2 atom stereocenters. The Kier molecular flexibility index (Phi) is 45.0. The summed E-state index contributed by atoms with van der Waals surface area (Å²) in [6, 6.07) is -0.543. The average Bonchev–Trinajstić information content (AvgIpc) is 3.22. The monoisotopic (exact) mass is 788 g/mol. The number of hydrogen-bond donors (Lipinski definition) is 3. The topological polar surface area (TPSA) is 69.6 Å². The number of carbonyl (C=O) groups excluding carboxylic acids is 1. The van der Waals surface area contributed by atoms with E-state index in [0.29, 0.717) is 12.8 Å². The van der Waals surface area contributed by atoms with Crippen LogP contribution < -0.4 is 5.32 Å². The molecule has 0 fully saturated rings. The zero-order valence-corrected chi connectivity index (χ0v) is 37.1. The van der Waals surface area contributed by atoms with Crippen molar-refractivity contribution in [2.75, 3.05) is 6.61 Å². The lowest BCUT2D eigenvalue weighted by Gasteiger charge is -2.22. The van der Waals surface area contributed by atoms with Crippen LogP contribution in [0, 0.1) is 0 Å². The Hall–Kier alpha value is -2.95. The van der Waals surface area contributed by atoms with Gasteiger partial charge < -0.3 is 15.5 Å². The molecule has 0 bridgehead atoms. The average molecular weight is 788 g/mol. The quantitative estimate of drug-likeness (QED) is 0.0427. The number of hydrogen-bond acceptors (Lipinski definition) is 3. The molecule has 0 aromatic rings. The third-order valence-electron chi connectivity index (χ3n) is 10.0. The molecule has 3 N–H and O–H groups in total. The molecule has 0 heterocycles. The Morgan fingerprint density at radius 2 is 0.772 bits per heavy atom. The van der Waals surface area contributed by atoms with E-state index in [2.05, 4.69) is 129 Å². The molecule has 0 rings (SSSR count). The van der Waals surface area contributed by atoms with Crippen molar-refractivity contribution < 1.29 is 15.0 Å². The lowest BCUT2D eigenvalue weighted by atomic mass is 10.0. The molecule has 0 aliphatic carbocycles. The van der Waals surface area contributed by atoms with E-state index in [9.17, 15) is 15.0 Å². The Balaban J connectivity index is 3.59. The van der Waals surface area contributed by atoms with Gasteiger partial charge in [-0.15, -0.1) is 0 Å². The predicted octanol–water partition coefficient (Wildman–Crippen LogP) is 15.2. The van der Waals surface area contributed by atoms with Gasteiger partial charge in [0.1, 0.15) is 0 Å². The molecule has 4 nitrogen and oxygen atoms in total. The third kappa shape index (κ3) is 44.0. The van der Waals surface area contributed by atoms with Crippen molar-refractivity contribution in [3.05, 3.63) is 109 Å². The van der Waals surface area contributed by atoms with Gasteiger partial charge in [-0.1, -0.05) is 220 Å². The van der Waals surface area contributed by atoms with Gasteiger partial charge in [0.25, 0.3) is 0 Å². The maximum atomic E-state index is 12.4. The van der Waals surface area contributed by atoms with Crippen molar-refractivity contribution in [3.63, 3.8) is 0 Å². The highest BCUT2D eigenvalue weighted by Crippen LogP contribution is 2.14. The zero-order chi connectivity index (χ0) is 41.4. The Morgan fingerprint density at radius 3 is 1.16 bits per heavy atom. The van der Waals surface area contributed by atoms with Crippen LogP contribution in [0.3, 0.4) is 0 Å². The fourth-order valence-electron chi connectivity index (χ4n) is 6.47. The van der Waals surface area contributed by atoms with Crippen LogP contribution in [0.5, 0.6) is 0 Å². The van der Waals surface area contributed by atoms with Gasteiger partial charge in [0, 0.05) is 6.42 Å². The van der Waals surface area contributed by atoms with Crippen LogP contribution in [-0.2, 0) is 4.79 Å². The Labute approximate surface area is 353 Å². The van der Waals surface area contributed by atoms with E-state index in [1.807, 2.05) is 0 Å². The normalized spacial score (nSPS) is 14.0. The number of aliphatic hydroxyl groups excluding tert-OH is 2. The van der Waals surface area contributed by atoms with Crippen LogP contribution in [0.2, 0.25) is 0 Å². The van der Waals surface area contributed by atoms with E-state index in [1.165, 1.54) is 89.9 Å². The summed E-state index contributed by atoms with van der Waals surface area (Å²) < 4.78 is 0. The maximum absolute atomic E-state index is 12.4. The van der Waals surface area contributed by atoms with E-state index < -0.39 is 12.1 Å². The number of rotatable bonds is 41. The van der Waals surface area contributed by atoms with E-state index in [1.54, 1.807) is 0 Å². The van der Waals surface area contributed by atoms with Crippen molar-refractivity contribution in [3.8, 4) is 0 Å². The highest BCUT2D eigenvalue weighted by atomic mass is 16.3. The van der Waals surface area contributed by atoms with Crippen molar-refractivity contribution >= 4 is 5.91 Å². The lowest BCUT2D eigenvalue weighted by Crippen LogP contribution is -2.45. The molecule has 0 saturated carbocycles. The first-order chi connectivity index (χ1) is 28.2. The molecule has 0 aromatic carbocycles. The van der Waals surface area contributed by atoms with Crippen LogP contribution in [0.1, 0.15) is 200 Å². The van der Waals surface area contributed by atoms with Gasteiger partial charge >= 0.3 is 0 Å². The fourth-order valence-corrected chi connectivity index (χ4v) is 6.47. The molecular formula is C53H89NO3. The van der Waals surface area contributed by atoms with Gasteiger partial charge in [-0.25, -0.2) is 0 Å². The summed E-state index contributed by atoms with van der Waals surface area (Å²) in [7, 11) is 0. The number of carbonyl (C=O) groups is 1. The standard InChI is InChI=1S/C53H89NO3/c1-3-5-7-9-11-13-14-15-16-17-18-19-20-21-22-23-24-25-26-27-28-29-30-31-32-33-34-35-36-37-38-39-40-41-43-45-47-49-53(57)54-51(50-55)52(56)48-46-44-42-12-10-8-6-4-2/h5,7,11,13,15-16,18-19,21-22,24-25,27-28,30-31,33-34,51-52,55-56H,3-4,6,8-10,12,14,17,20,23,26,29,32,35-50H2,1-2H3,(H,54,57)/b7-5-,13-11-,16-15-,19-18-,22-21-,25-24-,28-27-,31-30-,34-33-. The van der Waals surface area contributed by atoms with Crippen LogP contribution in [0.4, 0.5) is 0 Å². The number of aliphatic hydroxyl groups is 2. The Bertz CT molecular complexity index is 1120. The molecule has 0 saturated heterocycles. The minimum Gasteiger partial charge on any atom is -0.394 e. The summed E-state index contributed by atoms with van der Waals surface area (Å²) in [6.07, 6.45) is 71.9. The summed E-state index contributed by atoms with van der Waals surface area (Å²) >= 11 is 0. The molecule has 1 amide bonds. The first-order valence-corrected chi connectivity index (χ1v) is 23.6. The number of amides is 1. The Morgan fingerprint density at radius 1 is 0.439 bits per heavy atom. The van der Waals surface area contributed by atoms with E-state index in [4.69, 9.17) is 0 Å². The van der Waals surface area contributed by atoms with Crippen LogP contribution >= 0.6 is 0 Å². The second-order valence-electron chi connectivity index (χ2n) is 15.4. The van der Waals surface area contributed by atoms with Gasteiger partial charge in [-0.3, -0.25) is 4.79 Å². The highest BCUT2D eigenvalue weighted by molar-refractivity contribution is 5.76. The summed E-state index contributed by atoms with van der Waals surface area (Å²) in [4.78, 5) is 12.4. The van der Waals surface area contributed by atoms with E-state index in [0.717, 1.165) is 83.5 Å². The van der Waals surface area contributed by atoms with Crippen molar-refractivity contribution in [2.24, 2.45) is 0 Å². The lowest BCUT2D eigenvalue weighted by molar-refractivity contribution is -0.123. The number of allylic oxidation sites excluding steroid dienone is 18. The number of unbranched alkanes of at least 4 members (excludes halogenated alkanes) is 16. The molecule has 0 aromatic heterocycles. The van der Waals surface area contributed by atoms with Gasteiger partial charge in [-0.2, -0.15) is 0 Å². The van der Waals surface area contributed by atoms with E-state index >= 15 is 0 Å². The van der Waals surface area contributed by atoms with E-state index in [-0.39, 0.29) is 12.5 Å². The highest BCUT2D eigenvalue weighted by Gasteiger charge is 2.19. The minimum absolute atomic E-state index is 0.0466. The molecule has 0 spiro atoms. The van der Waals surface area contributed by atoms with Crippen LogP contribution in [0.25, 0.3) is 0 Å². The third-order valence-corrected chi connectivity index (χ3v) is 10.0. The molecule has 0 radical (unpaired) electrons. The molecule has 4 heteroatoms. The second kappa shape index (κ2) is 47.4. The minimum atomic E-state index is -0.665. The second-order valence-corrected chi connectivity index (χ2v) is 15.4. The fraction of sp³-hybridized carbons (Fsp3) is 0.642. The molecule has 0 aliphatic rings. The zero-order valence-electron chi connectivity index (χ0n) is 37.1. The smallest absolute Gasteiger partial charge is 0.220 e. The molecule has 324 valence electrons. The van der Waals surface area contributed by atoms with Gasteiger partial charge in [0.2, 0.25) is 5.91 Å². The first kappa shape index (κ1) is 54.0. The summed E-state index contributed by atoms with van der Waals surface area (Å²) in [5.74, 6) is -0.0466. The molecule has 0 aliphatic heterocycles. The van der Waals surface area contributed by atoms with Crippen LogP contribution in [0.15, 0.2) is 109 Å². The maximum Gasteiger partial charge on any atom is 0.220 e. The van der Waals surface area contributed by atoms with Crippen molar-refractivity contribution in [1.82, 2.24) is 5.32 Å². The number of nitrogens with one attached hydrogen (secondary N) is 1. The summed E-state index contributed by atoms with van der Waals surface area (Å²) in [6.45, 7) is 4.19. The predicted molar refractivity (Wildman–Crippen MR) is 253 cm³/mol. The van der Waals surface area contributed by atoms with Crippen molar-refractivity contribution in [2.45, 2.75) is 212 Å². The first-order valence-electron chi connectivity index (χ1n) is 23.6. The van der Waals surface area contributed by atoms with Crippen molar-refractivity contribution in [1.29, 1.82) is 0 Å². The molecule has 2 unspecified atom stereocenters. The van der Waals surface area contributed by atoms with Gasteiger partial charge in [-0.05, 0) is 83.5 Å². The van der Waals surface area contributed by atoms with Gasteiger partial charge in [0.05, 0.1) is 18.8 Å². The SMILES string of the molecule is CC/C=C\C/C=C\C/C=C\C/C=C\C/C=C\C/C=C\C/C=C\C/C=C\C/C=C\CCCCCCCCCCCC(=O)NC(CO)C(O)CCCCCCCCCC. The largest absolute Gasteiger partial charge is 0.394 e. The van der Waals surface area contributed by atoms with Gasteiger partial charge in [0.15, 0.2) is 0 Å². The van der Waals surface area contributed by atoms with Crippen LogP contribution in [-0.4, -0.2) is 34.9 Å². The summed E-state index contributed by atoms with van der Waals surface area (Å²) in [5, 5.41) is 23.0. The molecular weight excluding hydrogens is 699 g/mol.